The molecule has 29 heavy (non-hydrogen) atoms. The van der Waals surface area contributed by atoms with Crippen molar-refractivity contribution in [2.45, 2.75) is 57.0 Å². The number of aliphatic hydroxyl groups excluding tert-OH is 1. The first-order valence-electron chi connectivity index (χ1n) is 9.46. The summed E-state index contributed by atoms with van der Waals surface area (Å²) in [6.45, 7) is 5.30. The first kappa shape index (κ1) is 22.9. The van der Waals surface area contributed by atoms with Crippen LogP contribution in [0.1, 0.15) is 25.3 Å². The second-order valence-electron chi connectivity index (χ2n) is 6.59. The highest BCUT2D eigenvalue weighted by atomic mass is 16.7. The van der Waals surface area contributed by atoms with Crippen LogP contribution in [0.3, 0.4) is 0 Å². The number of azide groups is 1. The highest BCUT2D eigenvalue weighted by molar-refractivity contribution is 5.65. The number of rotatable bonds is 11. The molecule has 1 saturated heterocycles. The van der Waals surface area contributed by atoms with E-state index in [-0.39, 0.29) is 13.2 Å². The Hall–Kier alpha value is -2.42. The fraction of sp³-hybridized carbons (Fsp3) is 0.550. The first-order chi connectivity index (χ1) is 14.1. The minimum atomic E-state index is -1.18. The van der Waals surface area contributed by atoms with Gasteiger partial charge < -0.3 is 24.1 Å². The molecule has 1 aliphatic heterocycles. The molecular weight excluding hydrogens is 378 g/mol. The molecule has 2 rings (SSSR count). The number of unbranched alkanes of at least 4 members (excludes halogenated alkanes) is 1. The summed E-state index contributed by atoms with van der Waals surface area (Å²) in [7, 11) is 0. The van der Waals surface area contributed by atoms with E-state index in [9.17, 15) is 9.90 Å². The first-order valence-corrected chi connectivity index (χ1v) is 9.46. The van der Waals surface area contributed by atoms with Gasteiger partial charge in [-0.05, 0) is 23.9 Å². The van der Waals surface area contributed by atoms with Crippen LogP contribution in [-0.4, -0.2) is 54.9 Å². The van der Waals surface area contributed by atoms with Gasteiger partial charge in [0.25, 0.3) is 0 Å². The fourth-order valence-corrected chi connectivity index (χ4v) is 2.95. The van der Waals surface area contributed by atoms with Crippen LogP contribution in [0.2, 0.25) is 0 Å². The van der Waals surface area contributed by atoms with E-state index >= 15 is 0 Å². The Morgan fingerprint density at radius 1 is 1.38 bits per heavy atom. The van der Waals surface area contributed by atoms with E-state index in [0.29, 0.717) is 13.0 Å². The van der Waals surface area contributed by atoms with Crippen LogP contribution < -0.4 is 0 Å². The van der Waals surface area contributed by atoms with Crippen molar-refractivity contribution in [3.8, 4) is 0 Å². The van der Waals surface area contributed by atoms with E-state index in [4.69, 9.17) is 24.5 Å². The molecule has 1 fully saturated rings. The molecule has 1 aliphatic rings. The Morgan fingerprint density at radius 2 is 2.14 bits per heavy atom. The zero-order chi connectivity index (χ0) is 21.1. The second kappa shape index (κ2) is 12.2. The van der Waals surface area contributed by atoms with Crippen molar-refractivity contribution in [1.29, 1.82) is 0 Å². The summed E-state index contributed by atoms with van der Waals surface area (Å²) in [5, 5.41) is 14.5. The molecule has 0 radical (unpaired) electrons. The summed E-state index contributed by atoms with van der Waals surface area (Å²) >= 11 is 0. The summed E-state index contributed by atoms with van der Waals surface area (Å²) in [6, 6.07) is 8.49. The third-order valence-corrected chi connectivity index (χ3v) is 4.40. The van der Waals surface area contributed by atoms with Gasteiger partial charge in [-0.2, -0.15) is 0 Å². The van der Waals surface area contributed by atoms with Crippen molar-refractivity contribution in [2.75, 3.05) is 13.2 Å². The number of benzene rings is 1. The predicted molar refractivity (Wildman–Crippen MR) is 105 cm³/mol. The average molecular weight is 405 g/mol. The van der Waals surface area contributed by atoms with Crippen LogP contribution in [0.4, 0.5) is 0 Å². The van der Waals surface area contributed by atoms with Crippen LogP contribution in [-0.2, 0) is 30.3 Å². The fourth-order valence-electron chi connectivity index (χ4n) is 2.95. The number of carbonyl (C=O) groups excluding carboxylic acids is 1. The lowest BCUT2D eigenvalue weighted by atomic mass is 9.97. The summed E-state index contributed by atoms with van der Waals surface area (Å²) in [4.78, 5) is 14.0. The standard InChI is InChI=1S/C20H27N3O6/c1-3-4-8-11-26-20-17(22-23-21)19(28-12-15-9-6-5-7-10-15)18(25)16(29-20)13-27-14(2)24/h3,5-7,9-10,16-20,25H,1,4,8,11-13H2,2H3/t16-,17-,18-,19-,20-/m1/s1. The molecule has 1 aromatic carbocycles. The van der Waals surface area contributed by atoms with E-state index in [2.05, 4.69) is 16.6 Å². The van der Waals surface area contributed by atoms with Gasteiger partial charge in [-0.3, -0.25) is 4.79 Å². The van der Waals surface area contributed by atoms with Crippen molar-refractivity contribution >= 4 is 5.97 Å². The predicted octanol–water partition coefficient (Wildman–Crippen LogP) is 2.88. The van der Waals surface area contributed by atoms with E-state index < -0.39 is 36.6 Å². The van der Waals surface area contributed by atoms with Gasteiger partial charge in [-0.15, -0.1) is 6.58 Å². The number of hydrogen-bond acceptors (Lipinski definition) is 7. The smallest absolute Gasteiger partial charge is 0.302 e. The minimum Gasteiger partial charge on any atom is -0.463 e. The maximum absolute atomic E-state index is 11.2. The van der Waals surface area contributed by atoms with Gasteiger partial charge in [0.05, 0.1) is 19.3 Å². The van der Waals surface area contributed by atoms with Crippen LogP contribution in [0.5, 0.6) is 0 Å². The topological polar surface area (TPSA) is 123 Å². The maximum atomic E-state index is 11.2. The average Bonchev–Trinajstić information content (AvgIpc) is 2.72. The summed E-state index contributed by atoms with van der Waals surface area (Å²) < 4.78 is 22.4. The molecule has 1 aromatic rings. The van der Waals surface area contributed by atoms with E-state index in [1.165, 1.54) is 6.92 Å². The molecule has 0 aliphatic carbocycles. The van der Waals surface area contributed by atoms with Crippen LogP contribution >= 0.6 is 0 Å². The molecule has 0 aromatic heterocycles. The molecule has 5 atom stereocenters. The summed E-state index contributed by atoms with van der Waals surface area (Å²) in [6.07, 6.45) is -0.665. The van der Waals surface area contributed by atoms with Crippen LogP contribution in [0.25, 0.3) is 10.4 Å². The molecule has 158 valence electrons. The molecule has 0 unspecified atom stereocenters. The van der Waals surface area contributed by atoms with Gasteiger partial charge in [-0.1, -0.05) is 41.5 Å². The van der Waals surface area contributed by atoms with Gasteiger partial charge in [-0.25, -0.2) is 0 Å². The molecule has 9 nitrogen and oxygen atoms in total. The number of ether oxygens (including phenoxy) is 4. The lowest BCUT2D eigenvalue weighted by Gasteiger charge is -2.42. The summed E-state index contributed by atoms with van der Waals surface area (Å²) in [5.41, 5.74) is 9.90. The molecule has 0 bridgehead atoms. The maximum Gasteiger partial charge on any atom is 0.302 e. The summed E-state index contributed by atoms with van der Waals surface area (Å²) in [5.74, 6) is -0.497. The Kier molecular flexibility index (Phi) is 9.63. The van der Waals surface area contributed by atoms with Gasteiger partial charge in [0, 0.05) is 11.8 Å². The number of hydrogen-bond donors (Lipinski definition) is 1. The highest BCUT2D eigenvalue weighted by Gasteiger charge is 2.46. The lowest BCUT2D eigenvalue weighted by Crippen LogP contribution is -2.59. The Bertz CT molecular complexity index is 695. The van der Waals surface area contributed by atoms with Gasteiger partial charge in [0.2, 0.25) is 0 Å². The largest absolute Gasteiger partial charge is 0.463 e. The zero-order valence-electron chi connectivity index (χ0n) is 16.4. The zero-order valence-corrected chi connectivity index (χ0v) is 16.4. The monoisotopic (exact) mass is 405 g/mol. The van der Waals surface area contributed by atoms with Gasteiger partial charge >= 0.3 is 5.97 Å². The van der Waals surface area contributed by atoms with Crippen LogP contribution in [0.15, 0.2) is 48.1 Å². The van der Waals surface area contributed by atoms with Gasteiger partial charge in [0.15, 0.2) is 6.29 Å². The number of aliphatic hydroxyl groups is 1. The molecule has 0 amide bonds. The molecule has 0 saturated carbocycles. The Morgan fingerprint density at radius 3 is 2.79 bits per heavy atom. The van der Waals surface area contributed by atoms with Crippen molar-refractivity contribution in [1.82, 2.24) is 0 Å². The second-order valence-corrected chi connectivity index (χ2v) is 6.59. The molecule has 0 spiro atoms. The number of carbonyl (C=O) groups is 1. The molecule has 9 heteroatoms. The molecule has 1 heterocycles. The SMILES string of the molecule is C=CCCCO[C@@H]1O[C@H](COC(C)=O)[C@@H](O)[C@H](OCc2ccccc2)[C@H]1N=[N+]=[N-]. The van der Waals surface area contributed by atoms with Crippen molar-refractivity contribution in [3.05, 3.63) is 59.0 Å². The van der Waals surface area contributed by atoms with Crippen molar-refractivity contribution in [2.24, 2.45) is 5.11 Å². The third-order valence-electron chi connectivity index (χ3n) is 4.40. The van der Waals surface area contributed by atoms with E-state index in [1.54, 1.807) is 6.08 Å². The highest BCUT2D eigenvalue weighted by Crippen LogP contribution is 2.28. The van der Waals surface area contributed by atoms with Crippen molar-refractivity contribution in [3.63, 3.8) is 0 Å². The third kappa shape index (κ3) is 7.16. The van der Waals surface area contributed by atoms with Crippen LogP contribution in [0, 0.1) is 0 Å². The molecule has 1 N–H and O–H groups in total. The van der Waals surface area contributed by atoms with E-state index in [0.717, 1.165) is 12.0 Å². The van der Waals surface area contributed by atoms with E-state index in [1.807, 2.05) is 30.3 Å². The Balaban J connectivity index is 2.16. The molecular formula is C20H27N3O6. The lowest BCUT2D eigenvalue weighted by molar-refractivity contribution is -0.275. The number of nitrogens with zero attached hydrogens (tertiary/aromatic N) is 3. The normalized spacial score (nSPS) is 26.3. The Labute approximate surface area is 169 Å². The number of allylic oxidation sites excluding steroid dienone is 1. The quantitative estimate of drug-likeness (QED) is 0.151. The van der Waals surface area contributed by atoms with Crippen molar-refractivity contribution < 1.29 is 28.8 Å². The number of esters is 1. The van der Waals surface area contributed by atoms with Gasteiger partial charge in [0.1, 0.15) is 24.9 Å². The minimum absolute atomic E-state index is 0.169.